The third-order valence-corrected chi connectivity index (χ3v) is 4.57. The lowest BCUT2D eigenvalue weighted by atomic mass is 10.1. The molecule has 1 heterocycles. The normalized spacial score (nSPS) is 18.6. The van der Waals surface area contributed by atoms with Crippen LogP contribution in [-0.2, 0) is 21.1 Å². The molecule has 1 fully saturated rings. The summed E-state index contributed by atoms with van der Waals surface area (Å²) in [5, 5.41) is 0. The number of halogens is 1. The van der Waals surface area contributed by atoms with Crippen LogP contribution >= 0.6 is 0 Å². The van der Waals surface area contributed by atoms with Gasteiger partial charge in [-0.1, -0.05) is 12.1 Å². The summed E-state index contributed by atoms with van der Waals surface area (Å²) in [5.41, 5.74) is 0.731. The Balaban J connectivity index is 1.95. The molecule has 6 heteroatoms. The Hall–Kier alpha value is -1.43. The van der Waals surface area contributed by atoms with Crippen LogP contribution in [0.1, 0.15) is 5.56 Å². The van der Waals surface area contributed by atoms with Crippen LogP contribution in [0.4, 0.5) is 4.39 Å². The maximum Gasteiger partial charge on any atom is 0.227 e. The summed E-state index contributed by atoms with van der Waals surface area (Å²) in [4.78, 5) is 13.4. The quantitative estimate of drug-likeness (QED) is 0.792. The Morgan fingerprint density at radius 1 is 1.17 bits per heavy atom. The molecule has 1 aromatic rings. The molecule has 0 N–H and O–H groups in total. The molecule has 0 aromatic heterocycles. The van der Waals surface area contributed by atoms with Gasteiger partial charge in [0, 0.05) is 13.1 Å². The first-order valence-electron chi connectivity index (χ1n) is 5.69. The van der Waals surface area contributed by atoms with E-state index in [9.17, 15) is 17.6 Å². The van der Waals surface area contributed by atoms with Gasteiger partial charge in [-0.15, -0.1) is 0 Å². The SMILES string of the molecule is O=C(Cc1ccc(F)cc1)N1CCS(=O)(=O)CC1. The topological polar surface area (TPSA) is 54.5 Å². The molecule has 1 aromatic carbocycles. The van der Waals surface area contributed by atoms with Gasteiger partial charge in [0.15, 0.2) is 9.84 Å². The van der Waals surface area contributed by atoms with Crippen LogP contribution in [0, 0.1) is 5.82 Å². The van der Waals surface area contributed by atoms with E-state index in [1.165, 1.54) is 12.1 Å². The Bertz CT molecular complexity index is 525. The fraction of sp³-hybridized carbons (Fsp3) is 0.417. The first-order valence-corrected chi connectivity index (χ1v) is 7.51. The van der Waals surface area contributed by atoms with Crippen molar-refractivity contribution in [3.05, 3.63) is 35.6 Å². The lowest BCUT2D eigenvalue weighted by Gasteiger charge is -2.26. The van der Waals surface area contributed by atoms with Crippen molar-refractivity contribution in [3.63, 3.8) is 0 Å². The maximum absolute atomic E-state index is 12.7. The lowest BCUT2D eigenvalue weighted by molar-refractivity contribution is -0.130. The van der Waals surface area contributed by atoms with Crippen molar-refractivity contribution < 1.29 is 17.6 Å². The van der Waals surface area contributed by atoms with Crippen molar-refractivity contribution in [1.29, 1.82) is 0 Å². The summed E-state index contributed by atoms with van der Waals surface area (Å²) in [5.74, 6) is -0.392. The molecule has 1 amide bonds. The van der Waals surface area contributed by atoms with Crippen LogP contribution in [0.25, 0.3) is 0 Å². The number of benzene rings is 1. The Labute approximate surface area is 105 Å². The van der Waals surface area contributed by atoms with E-state index in [4.69, 9.17) is 0 Å². The third-order valence-electron chi connectivity index (χ3n) is 2.97. The van der Waals surface area contributed by atoms with E-state index in [0.717, 1.165) is 5.56 Å². The predicted molar refractivity (Wildman–Crippen MR) is 65.3 cm³/mol. The van der Waals surface area contributed by atoms with E-state index < -0.39 is 9.84 Å². The predicted octanol–water partition coefficient (Wildman–Crippen LogP) is 0.625. The molecule has 1 aliphatic rings. The average Bonchev–Trinajstić information content (AvgIpc) is 2.32. The summed E-state index contributed by atoms with van der Waals surface area (Å²) in [6.07, 6.45) is 0.181. The fourth-order valence-corrected chi connectivity index (χ4v) is 3.05. The molecule has 0 radical (unpaired) electrons. The van der Waals surface area contributed by atoms with E-state index in [0.29, 0.717) is 0 Å². The number of hydrogen-bond donors (Lipinski definition) is 0. The number of sulfone groups is 1. The Kier molecular flexibility index (Phi) is 3.65. The molecule has 0 unspecified atom stereocenters. The number of nitrogens with zero attached hydrogens (tertiary/aromatic N) is 1. The molecule has 0 spiro atoms. The van der Waals surface area contributed by atoms with Crippen LogP contribution in [0.3, 0.4) is 0 Å². The van der Waals surface area contributed by atoms with Crippen LogP contribution in [0.5, 0.6) is 0 Å². The van der Waals surface area contributed by atoms with Gasteiger partial charge in [-0.3, -0.25) is 4.79 Å². The van der Waals surface area contributed by atoms with Gasteiger partial charge < -0.3 is 4.90 Å². The number of hydrogen-bond acceptors (Lipinski definition) is 3. The van der Waals surface area contributed by atoms with Gasteiger partial charge in [0.25, 0.3) is 0 Å². The lowest BCUT2D eigenvalue weighted by Crippen LogP contribution is -2.44. The summed E-state index contributed by atoms with van der Waals surface area (Å²) in [6.45, 7) is 0.505. The number of amides is 1. The van der Waals surface area contributed by atoms with E-state index in [-0.39, 0.29) is 42.7 Å². The van der Waals surface area contributed by atoms with Crippen molar-refractivity contribution in [2.24, 2.45) is 0 Å². The number of carbonyl (C=O) groups excluding carboxylic acids is 1. The molecule has 18 heavy (non-hydrogen) atoms. The summed E-state index contributed by atoms with van der Waals surface area (Å²) < 4.78 is 35.2. The van der Waals surface area contributed by atoms with Crippen molar-refractivity contribution in [3.8, 4) is 0 Å². The Morgan fingerprint density at radius 2 is 1.72 bits per heavy atom. The Morgan fingerprint density at radius 3 is 2.28 bits per heavy atom. The molecule has 0 bridgehead atoms. The molecule has 0 aliphatic carbocycles. The third kappa shape index (κ3) is 3.29. The zero-order valence-electron chi connectivity index (χ0n) is 9.80. The minimum Gasteiger partial charge on any atom is -0.340 e. The van der Waals surface area contributed by atoms with E-state index >= 15 is 0 Å². The number of carbonyl (C=O) groups is 1. The van der Waals surface area contributed by atoms with E-state index in [1.54, 1.807) is 17.0 Å². The average molecular weight is 271 g/mol. The van der Waals surface area contributed by atoms with Crippen LogP contribution in [0.2, 0.25) is 0 Å². The molecular weight excluding hydrogens is 257 g/mol. The first kappa shape index (κ1) is 13.0. The summed E-state index contributed by atoms with van der Waals surface area (Å²) >= 11 is 0. The molecule has 2 rings (SSSR count). The van der Waals surface area contributed by atoms with Crippen molar-refractivity contribution in [1.82, 2.24) is 4.90 Å². The zero-order chi connectivity index (χ0) is 13.2. The van der Waals surface area contributed by atoms with Crippen LogP contribution < -0.4 is 0 Å². The van der Waals surface area contributed by atoms with Gasteiger partial charge in [-0.25, -0.2) is 12.8 Å². The molecule has 0 saturated carbocycles. The summed E-state index contributed by atoms with van der Waals surface area (Å²) in [7, 11) is -2.97. The van der Waals surface area contributed by atoms with Gasteiger partial charge in [0.2, 0.25) is 5.91 Å². The standard InChI is InChI=1S/C12H14FNO3S/c13-11-3-1-10(2-4-11)9-12(15)14-5-7-18(16,17)8-6-14/h1-4H,5-9H2. The van der Waals surface area contributed by atoms with Crippen LogP contribution in [-0.4, -0.2) is 43.8 Å². The molecular formula is C12H14FNO3S. The van der Waals surface area contributed by atoms with Crippen LogP contribution in [0.15, 0.2) is 24.3 Å². The van der Waals surface area contributed by atoms with Crippen molar-refractivity contribution in [2.45, 2.75) is 6.42 Å². The molecule has 1 aliphatic heterocycles. The van der Waals surface area contributed by atoms with Crippen molar-refractivity contribution in [2.75, 3.05) is 24.6 Å². The second-order valence-corrected chi connectivity index (χ2v) is 6.64. The number of rotatable bonds is 2. The van der Waals surface area contributed by atoms with Crippen molar-refractivity contribution >= 4 is 15.7 Å². The van der Waals surface area contributed by atoms with Gasteiger partial charge in [-0.2, -0.15) is 0 Å². The smallest absolute Gasteiger partial charge is 0.227 e. The monoisotopic (exact) mass is 271 g/mol. The highest BCUT2D eigenvalue weighted by Gasteiger charge is 2.24. The molecule has 0 atom stereocenters. The zero-order valence-corrected chi connectivity index (χ0v) is 10.6. The second-order valence-electron chi connectivity index (χ2n) is 4.34. The summed E-state index contributed by atoms with van der Waals surface area (Å²) in [6, 6.07) is 5.74. The van der Waals surface area contributed by atoms with Gasteiger partial charge in [-0.05, 0) is 17.7 Å². The van der Waals surface area contributed by atoms with Gasteiger partial charge in [0.1, 0.15) is 5.82 Å². The first-order chi connectivity index (χ1) is 8.46. The minimum atomic E-state index is -2.97. The van der Waals surface area contributed by atoms with E-state index in [2.05, 4.69) is 0 Å². The fourth-order valence-electron chi connectivity index (χ4n) is 1.85. The molecule has 1 saturated heterocycles. The largest absolute Gasteiger partial charge is 0.340 e. The maximum atomic E-state index is 12.7. The highest BCUT2D eigenvalue weighted by molar-refractivity contribution is 7.91. The van der Waals surface area contributed by atoms with Gasteiger partial charge in [0.05, 0.1) is 17.9 Å². The molecule has 4 nitrogen and oxygen atoms in total. The molecule has 98 valence electrons. The second kappa shape index (κ2) is 5.06. The van der Waals surface area contributed by atoms with Gasteiger partial charge >= 0.3 is 0 Å². The van der Waals surface area contributed by atoms with E-state index in [1.807, 2.05) is 0 Å². The minimum absolute atomic E-state index is 0.0299. The highest BCUT2D eigenvalue weighted by Crippen LogP contribution is 2.09. The highest BCUT2D eigenvalue weighted by atomic mass is 32.2.